The number of anilines is 2. The van der Waals surface area contributed by atoms with Gasteiger partial charge in [0, 0.05) is 11.6 Å². The molecule has 0 fully saturated rings. The molecule has 3 aromatic rings. The second-order valence-electron chi connectivity index (χ2n) is 4.42. The van der Waals surface area contributed by atoms with Crippen LogP contribution in [0.15, 0.2) is 48.7 Å². The van der Waals surface area contributed by atoms with Crippen LogP contribution in [-0.4, -0.2) is 16.0 Å². The van der Waals surface area contributed by atoms with Gasteiger partial charge in [0.1, 0.15) is 20.9 Å². The average Bonchev–Trinajstić information content (AvgIpc) is 2.48. The zero-order valence-corrected chi connectivity index (χ0v) is 13.3. The minimum absolute atomic E-state index is 0.215. The molecule has 7 heteroatoms. The van der Waals surface area contributed by atoms with Crippen LogP contribution in [0.1, 0.15) is 0 Å². The van der Waals surface area contributed by atoms with Crippen LogP contribution >= 0.6 is 22.6 Å². The molecule has 0 saturated heterocycles. The molecule has 0 aliphatic carbocycles. The molecule has 0 bridgehead atoms. The van der Waals surface area contributed by atoms with Crippen LogP contribution < -0.4 is 10.6 Å². The summed E-state index contributed by atoms with van der Waals surface area (Å²) < 4.78 is 14.5. The topological polar surface area (TPSA) is 66.9 Å². The number of rotatable bonds is 2. The number of nitrogens with one attached hydrogen (secondary N) is 2. The van der Waals surface area contributed by atoms with Gasteiger partial charge in [-0.1, -0.05) is 18.2 Å². The van der Waals surface area contributed by atoms with Crippen LogP contribution in [0.25, 0.3) is 10.9 Å². The Morgan fingerprint density at radius 3 is 2.73 bits per heavy atom. The molecule has 2 amide bonds. The summed E-state index contributed by atoms with van der Waals surface area (Å²) in [7, 11) is 0. The molecule has 0 radical (unpaired) electrons. The Bertz CT molecular complexity index is 856. The zero-order valence-electron chi connectivity index (χ0n) is 11.2. The molecule has 2 heterocycles. The van der Waals surface area contributed by atoms with Crippen LogP contribution in [0, 0.1) is 9.52 Å². The molecule has 1 aromatic carbocycles. The van der Waals surface area contributed by atoms with E-state index in [0.717, 1.165) is 3.70 Å². The summed E-state index contributed by atoms with van der Waals surface area (Å²) in [5, 5.41) is 5.85. The van der Waals surface area contributed by atoms with Crippen LogP contribution in [-0.2, 0) is 0 Å². The molecule has 22 heavy (non-hydrogen) atoms. The van der Waals surface area contributed by atoms with Crippen LogP contribution in [0.5, 0.6) is 0 Å². The molecule has 0 saturated carbocycles. The number of fused-ring (bicyclic) bond motifs is 1. The zero-order chi connectivity index (χ0) is 15.5. The van der Waals surface area contributed by atoms with E-state index < -0.39 is 11.8 Å². The third-order valence-electron chi connectivity index (χ3n) is 2.93. The minimum Gasteiger partial charge on any atom is -0.307 e. The fraction of sp³-hybridized carbons (Fsp3) is 0. The van der Waals surface area contributed by atoms with Crippen molar-refractivity contribution in [2.75, 3.05) is 10.6 Å². The molecular weight excluding hydrogens is 398 g/mol. The van der Waals surface area contributed by atoms with Crippen molar-refractivity contribution in [1.82, 2.24) is 9.97 Å². The van der Waals surface area contributed by atoms with Crippen molar-refractivity contribution in [1.29, 1.82) is 0 Å². The average molecular weight is 408 g/mol. The van der Waals surface area contributed by atoms with Gasteiger partial charge in [0.15, 0.2) is 0 Å². The highest BCUT2D eigenvalue weighted by Gasteiger charge is 2.09. The maximum absolute atomic E-state index is 13.7. The number of para-hydroxylation sites is 1. The lowest BCUT2D eigenvalue weighted by Gasteiger charge is -2.09. The van der Waals surface area contributed by atoms with Crippen molar-refractivity contribution in [3.8, 4) is 0 Å². The van der Waals surface area contributed by atoms with Gasteiger partial charge >= 0.3 is 6.03 Å². The molecule has 0 aliphatic heterocycles. The van der Waals surface area contributed by atoms with Gasteiger partial charge in [0.05, 0.1) is 5.69 Å². The largest absolute Gasteiger partial charge is 0.324 e. The standard InChI is InChI=1S/C15H10FIN4O/c16-10-4-1-3-9-11(7-8-18-14(9)10)19-15(22)21-13-6-2-5-12(17)20-13/h1-8H,(H2,18,19,20,21,22). The van der Waals surface area contributed by atoms with Gasteiger partial charge in [0.2, 0.25) is 0 Å². The molecule has 0 atom stereocenters. The minimum atomic E-state index is -0.453. The summed E-state index contributed by atoms with van der Waals surface area (Å²) in [5.74, 6) is 0.00906. The van der Waals surface area contributed by atoms with Crippen molar-refractivity contribution < 1.29 is 9.18 Å². The van der Waals surface area contributed by atoms with Crippen LogP contribution in [0.4, 0.5) is 20.7 Å². The number of aromatic nitrogens is 2. The van der Waals surface area contributed by atoms with E-state index in [2.05, 4.69) is 43.2 Å². The first-order valence-electron chi connectivity index (χ1n) is 6.37. The van der Waals surface area contributed by atoms with Crippen molar-refractivity contribution in [2.24, 2.45) is 0 Å². The summed E-state index contributed by atoms with van der Waals surface area (Å²) in [6, 6.07) is 11.1. The van der Waals surface area contributed by atoms with E-state index >= 15 is 0 Å². The van der Waals surface area contributed by atoms with Crippen molar-refractivity contribution in [3.05, 3.63) is 58.2 Å². The number of urea groups is 1. The number of carbonyl (C=O) groups excluding carboxylic acids is 1. The highest BCUT2D eigenvalue weighted by atomic mass is 127. The SMILES string of the molecule is O=C(Nc1cccc(I)n1)Nc1ccnc2c(F)cccc12. The molecule has 2 N–H and O–H groups in total. The third-order valence-corrected chi connectivity index (χ3v) is 3.53. The van der Waals surface area contributed by atoms with E-state index in [0.29, 0.717) is 16.9 Å². The smallest absolute Gasteiger partial charge is 0.307 e. The van der Waals surface area contributed by atoms with Gasteiger partial charge < -0.3 is 5.32 Å². The lowest BCUT2D eigenvalue weighted by Crippen LogP contribution is -2.20. The van der Waals surface area contributed by atoms with Gasteiger partial charge in [-0.3, -0.25) is 10.3 Å². The summed E-state index contributed by atoms with van der Waals surface area (Å²) >= 11 is 2.06. The summed E-state index contributed by atoms with van der Waals surface area (Å²) in [6.45, 7) is 0. The van der Waals surface area contributed by atoms with Gasteiger partial charge in [-0.05, 0) is 46.9 Å². The maximum atomic E-state index is 13.7. The maximum Gasteiger partial charge on any atom is 0.324 e. The number of benzene rings is 1. The van der Waals surface area contributed by atoms with E-state index in [9.17, 15) is 9.18 Å². The normalized spacial score (nSPS) is 10.5. The number of carbonyl (C=O) groups is 1. The van der Waals surface area contributed by atoms with Gasteiger partial charge in [-0.25, -0.2) is 14.2 Å². The van der Waals surface area contributed by atoms with E-state index in [-0.39, 0.29) is 5.52 Å². The Hall–Kier alpha value is -2.29. The Morgan fingerprint density at radius 2 is 1.91 bits per heavy atom. The number of amides is 2. The molecule has 2 aromatic heterocycles. The number of nitrogens with zero attached hydrogens (tertiary/aromatic N) is 2. The first kappa shape index (κ1) is 14.6. The van der Waals surface area contributed by atoms with Crippen molar-refractivity contribution in [2.45, 2.75) is 0 Å². The van der Waals surface area contributed by atoms with Gasteiger partial charge in [-0.15, -0.1) is 0 Å². The van der Waals surface area contributed by atoms with E-state index in [1.807, 2.05) is 6.07 Å². The Balaban J connectivity index is 1.84. The second-order valence-corrected chi connectivity index (χ2v) is 5.52. The molecule has 3 rings (SSSR count). The predicted molar refractivity (Wildman–Crippen MR) is 91.3 cm³/mol. The van der Waals surface area contributed by atoms with Crippen LogP contribution in [0.2, 0.25) is 0 Å². The Kier molecular flexibility index (Phi) is 4.14. The Morgan fingerprint density at radius 1 is 1.09 bits per heavy atom. The highest BCUT2D eigenvalue weighted by Crippen LogP contribution is 2.23. The van der Waals surface area contributed by atoms with E-state index in [1.54, 1.807) is 30.3 Å². The van der Waals surface area contributed by atoms with Crippen molar-refractivity contribution in [3.63, 3.8) is 0 Å². The molecule has 0 spiro atoms. The van der Waals surface area contributed by atoms with Crippen LogP contribution in [0.3, 0.4) is 0 Å². The second kappa shape index (κ2) is 6.22. The Labute approximate surface area is 139 Å². The lowest BCUT2D eigenvalue weighted by molar-refractivity contribution is 0.262. The molecule has 110 valence electrons. The fourth-order valence-electron chi connectivity index (χ4n) is 2.00. The molecule has 0 unspecified atom stereocenters. The number of hydrogen-bond donors (Lipinski definition) is 2. The first-order valence-corrected chi connectivity index (χ1v) is 7.45. The quantitative estimate of drug-likeness (QED) is 0.498. The van der Waals surface area contributed by atoms with Gasteiger partial charge in [0.25, 0.3) is 0 Å². The third kappa shape index (κ3) is 3.14. The van der Waals surface area contributed by atoms with Crippen molar-refractivity contribution >= 4 is 51.0 Å². The van der Waals surface area contributed by atoms with E-state index in [1.165, 1.54) is 12.3 Å². The number of pyridine rings is 2. The molecule has 5 nitrogen and oxygen atoms in total. The van der Waals surface area contributed by atoms with E-state index in [4.69, 9.17) is 0 Å². The summed E-state index contributed by atoms with van der Waals surface area (Å²) in [6.07, 6.45) is 1.45. The summed E-state index contributed by atoms with van der Waals surface area (Å²) in [4.78, 5) is 20.2. The highest BCUT2D eigenvalue weighted by molar-refractivity contribution is 14.1. The predicted octanol–water partition coefficient (Wildman–Crippen LogP) is 4.02. The van der Waals surface area contributed by atoms with Gasteiger partial charge in [-0.2, -0.15) is 0 Å². The monoisotopic (exact) mass is 408 g/mol. The molecule has 0 aliphatic rings. The summed E-state index contributed by atoms with van der Waals surface area (Å²) in [5.41, 5.74) is 0.695. The number of halogens is 2. The molecular formula is C15H10FIN4O. The first-order chi connectivity index (χ1) is 10.6. The fourth-order valence-corrected chi connectivity index (χ4v) is 2.46. The lowest BCUT2D eigenvalue weighted by atomic mass is 10.2. The number of hydrogen-bond acceptors (Lipinski definition) is 3.